The monoisotopic (exact) mass is 118 g/mol. The van der Waals surface area contributed by atoms with Gasteiger partial charge in [0, 0.05) is 7.11 Å². The van der Waals surface area contributed by atoms with E-state index in [0.717, 1.165) is 5.01 Å². The molecule has 0 aromatic heterocycles. The van der Waals surface area contributed by atoms with Crippen LogP contribution in [0.15, 0.2) is 0 Å². The number of carbonyl (C=O) groups is 1. The molecule has 4 heteroatoms. The highest BCUT2D eigenvalue weighted by atomic mass is 16.5. The van der Waals surface area contributed by atoms with E-state index < -0.39 is 0 Å². The normalized spacial score (nSPS) is 8.75. The lowest BCUT2D eigenvalue weighted by Gasteiger charge is -2.06. The van der Waals surface area contributed by atoms with Crippen LogP contribution >= 0.6 is 0 Å². The van der Waals surface area contributed by atoms with E-state index in [1.165, 1.54) is 0 Å². The van der Waals surface area contributed by atoms with Gasteiger partial charge in [-0.15, -0.1) is 0 Å². The van der Waals surface area contributed by atoms with Crippen LogP contribution in [0.1, 0.15) is 0 Å². The topological polar surface area (TPSA) is 55.6 Å². The van der Waals surface area contributed by atoms with E-state index in [9.17, 15) is 4.79 Å². The molecule has 0 radical (unpaired) electrons. The molecular weight excluding hydrogens is 108 g/mol. The number of ether oxygens (including phenoxy) is 1. The molecule has 0 aromatic carbocycles. The van der Waals surface area contributed by atoms with Gasteiger partial charge in [-0.2, -0.15) is 0 Å². The third-order valence-electron chi connectivity index (χ3n) is 0.689. The number of nitrogens with two attached hydrogens (primary N) is 1. The molecule has 0 spiro atoms. The van der Waals surface area contributed by atoms with Crippen LogP contribution in [0.4, 0.5) is 0 Å². The number of nitrogens with zero attached hydrogens (tertiary/aromatic N) is 1. The summed E-state index contributed by atoms with van der Waals surface area (Å²) in [4.78, 5) is 9.76. The third-order valence-corrected chi connectivity index (χ3v) is 0.689. The number of hydrogen-bond donors (Lipinski definition) is 1. The van der Waals surface area contributed by atoms with E-state index in [1.54, 1.807) is 7.11 Å². The highest BCUT2D eigenvalue weighted by molar-refractivity contribution is 5.45. The fourth-order valence-corrected chi connectivity index (χ4v) is 0.249. The molecule has 0 aromatic rings. The molecule has 0 atom stereocenters. The molecule has 4 nitrogen and oxygen atoms in total. The van der Waals surface area contributed by atoms with Gasteiger partial charge < -0.3 is 4.74 Å². The molecule has 1 amide bonds. The fourth-order valence-electron chi connectivity index (χ4n) is 0.249. The smallest absolute Gasteiger partial charge is 0.223 e. The Morgan fingerprint density at radius 3 is 2.88 bits per heavy atom. The minimum absolute atomic E-state index is 0.444. The Morgan fingerprint density at radius 1 is 1.88 bits per heavy atom. The van der Waals surface area contributed by atoms with E-state index in [2.05, 4.69) is 4.74 Å². The first-order chi connectivity index (χ1) is 3.81. The van der Waals surface area contributed by atoms with Crippen LogP contribution in [-0.2, 0) is 9.53 Å². The van der Waals surface area contributed by atoms with Gasteiger partial charge in [-0.05, 0) is 0 Å². The van der Waals surface area contributed by atoms with Gasteiger partial charge in [-0.25, -0.2) is 5.84 Å². The molecule has 48 valence electrons. The standard InChI is InChI=1S/C4H10N2O2/c1-8-3-2-6(5)4-7/h4H,2-3,5H2,1H3. The van der Waals surface area contributed by atoms with Crippen molar-refractivity contribution >= 4 is 6.41 Å². The van der Waals surface area contributed by atoms with Crippen molar-refractivity contribution in [3.8, 4) is 0 Å². The number of amides is 1. The van der Waals surface area contributed by atoms with E-state index in [1.807, 2.05) is 0 Å². The largest absolute Gasteiger partial charge is 0.383 e. The second kappa shape index (κ2) is 4.55. The summed E-state index contributed by atoms with van der Waals surface area (Å²) in [6, 6.07) is 0. The van der Waals surface area contributed by atoms with Gasteiger partial charge in [-0.3, -0.25) is 9.80 Å². The van der Waals surface area contributed by atoms with Crippen molar-refractivity contribution in [1.29, 1.82) is 0 Å². The SMILES string of the molecule is COCCN(N)C=O. The minimum atomic E-state index is 0.444. The summed E-state index contributed by atoms with van der Waals surface area (Å²) in [5, 5.41) is 1.03. The maximum Gasteiger partial charge on any atom is 0.223 e. The molecule has 0 aliphatic rings. The fraction of sp³-hybridized carbons (Fsp3) is 0.750. The molecule has 0 aliphatic carbocycles. The van der Waals surface area contributed by atoms with Crippen molar-refractivity contribution < 1.29 is 9.53 Å². The Hall–Kier alpha value is -0.610. The predicted molar refractivity (Wildman–Crippen MR) is 28.8 cm³/mol. The van der Waals surface area contributed by atoms with E-state index in [-0.39, 0.29) is 0 Å². The van der Waals surface area contributed by atoms with Crippen molar-refractivity contribution in [3.05, 3.63) is 0 Å². The van der Waals surface area contributed by atoms with E-state index in [4.69, 9.17) is 5.84 Å². The number of hydrogen-bond acceptors (Lipinski definition) is 3. The van der Waals surface area contributed by atoms with Crippen LogP contribution in [0.5, 0.6) is 0 Å². The van der Waals surface area contributed by atoms with E-state index >= 15 is 0 Å². The second-order valence-corrected chi connectivity index (χ2v) is 1.34. The summed E-state index contributed by atoms with van der Waals surface area (Å²) < 4.78 is 4.63. The Balaban J connectivity index is 2.98. The van der Waals surface area contributed by atoms with Crippen LogP contribution < -0.4 is 5.84 Å². The zero-order valence-electron chi connectivity index (χ0n) is 4.83. The first kappa shape index (κ1) is 7.39. The van der Waals surface area contributed by atoms with Crippen LogP contribution in [-0.4, -0.2) is 31.7 Å². The number of rotatable bonds is 4. The highest BCUT2D eigenvalue weighted by Crippen LogP contribution is 1.69. The lowest BCUT2D eigenvalue weighted by atomic mass is 10.7. The Labute approximate surface area is 48.2 Å². The van der Waals surface area contributed by atoms with Gasteiger partial charge >= 0.3 is 0 Å². The second-order valence-electron chi connectivity index (χ2n) is 1.34. The van der Waals surface area contributed by atoms with Crippen molar-refractivity contribution in [2.24, 2.45) is 5.84 Å². The van der Waals surface area contributed by atoms with Crippen LogP contribution in [0.2, 0.25) is 0 Å². The average Bonchev–Trinajstić information content (AvgIpc) is 1.83. The van der Waals surface area contributed by atoms with Gasteiger partial charge in [-0.1, -0.05) is 0 Å². The van der Waals surface area contributed by atoms with Crippen LogP contribution in [0, 0.1) is 0 Å². The maximum atomic E-state index is 9.76. The highest BCUT2D eigenvalue weighted by Gasteiger charge is 1.88. The molecule has 0 unspecified atom stereocenters. The molecule has 0 saturated heterocycles. The van der Waals surface area contributed by atoms with Gasteiger partial charge in [0.1, 0.15) is 0 Å². The van der Waals surface area contributed by atoms with Gasteiger partial charge in [0.25, 0.3) is 0 Å². The summed E-state index contributed by atoms with van der Waals surface area (Å²) in [6.07, 6.45) is 0.555. The summed E-state index contributed by atoms with van der Waals surface area (Å²) in [5.41, 5.74) is 0. The quantitative estimate of drug-likeness (QED) is 0.222. The van der Waals surface area contributed by atoms with Crippen molar-refractivity contribution in [3.63, 3.8) is 0 Å². The number of hydrazine groups is 1. The van der Waals surface area contributed by atoms with E-state index in [0.29, 0.717) is 19.6 Å². The average molecular weight is 118 g/mol. The zero-order valence-corrected chi connectivity index (χ0v) is 4.83. The van der Waals surface area contributed by atoms with Gasteiger partial charge in [0.2, 0.25) is 6.41 Å². The Kier molecular flexibility index (Phi) is 4.20. The summed E-state index contributed by atoms with van der Waals surface area (Å²) in [5.74, 6) is 5.04. The molecule has 0 saturated carbocycles. The lowest BCUT2D eigenvalue weighted by Crippen LogP contribution is -2.32. The number of carbonyl (C=O) groups excluding carboxylic acids is 1. The van der Waals surface area contributed by atoms with Crippen molar-refractivity contribution in [2.45, 2.75) is 0 Å². The van der Waals surface area contributed by atoms with Gasteiger partial charge in [0.15, 0.2) is 0 Å². The summed E-state index contributed by atoms with van der Waals surface area (Å²) in [6.45, 7) is 0.926. The minimum Gasteiger partial charge on any atom is -0.383 e. The molecule has 0 aliphatic heterocycles. The summed E-state index contributed by atoms with van der Waals surface area (Å²) >= 11 is 0. The molecule has 2 N–H and O–H groups in total. The van der Waals surface area contributed by atoms with Crippen molar-refractivity contribution in [2.75, 3.05) is 20.3 Å². The van der Waals surface area contributed by atoms with Crippen LogP contribution in [0.25, 0.3) is 0 Å². The molecule has 0 bridgehead atoms. The van der Waals surface area contributed by atoms with Crippen LogP contribution in [0.3, 0.4) is 0 Å². The summed E-state index contributed by atoms with van der Waals surface area (Å²) in [7, 11) is 1.55. The molecule has 0 heterocycles. The van der Waals surface area contributed by atoms with Crippen molar-refractivity contribution in [1.82, 2.24) is 5.01 Å². The first-order valence-electron chi connectivity index (χ1n) is 2.27. The third kappa shape index (κ3) is 3.58. The predicted octanol–water partition coefficient (Wildman–Crippen LogP) is -1.04. The Morgan fingerprint density at radius 2 is 2.50 bits per heavy atom. The first-order valence-corrected chi connectivity index (χ1v) is 2.27. The molecule has 8 heavy (non-hydrogen) atoms. The number of methoxy groups -OCH3 is 1. The molecular formula is C4H10N2O2. The maximum absolute atomic E-state index is 9.76. The lowest BCUT2D eigenvalue weighted by molar-refractivity contribution is -0.118. The van der Waals surface area contributed by atoms with Gasteiger partial charge in [0.05, 0.1) is 13.2 Å². The molecule has 0 rings (SSSR count). The zero-order chi connectivity index (χ0) is 6.41. The Bertz CT molecular complexity index is 67.1. The molecule has 0 fully saturated rings.